The number of halogens is 3. The normalized spacial score (nSPS) is 17.3. The molecule has 40 heavy (non-hydrogen) atoms. The number of para-hydroxylation sites is 1. The van der Waals surface area contributed by atoms with Gasteiger partial charge in [0.05, 0.1) is 17.3 Å². The first-order valence-corrected chi connectivity index (χ1v) is 12.7. The van der Waals surface area contributed by atoms with Crippen molar-refractivity contribution >= 4 is 16.9 Å². The molecular formula is C27H23F3N8O2. The number of hydrogen-bond acceptors (Lipinski definition) is 7. The number of aromatic amines is 1. The van der Waals surface area contributed by atoms with Crippen molar-refractivity contribution in [1.82, 2.24) is 40.0 Å². The molecule has 204 valence electrons. The lowest BCUT2D eigenvalue weighted by molar-refractivity contribution is -0.0494. The quantitative estimate of drug-likeness (QED) is 0.296. The van der Waals surface area contributed by atoms with Crippen LogP contribution < -0.4 is 10.1 Å². The van der Waals surface area contributed by atoms with Gasteiger partial charge in [0.2, 0.25) is 0 Å². The minimum atomic E-state index is -3.01. The summed E-state index contributed by atoms with van der Waals surface area (Å²) in [6.07, 6.45) is 7.00. The molecule has 1 saturated carbocycles. The van der Waals surface area contributed by atoms with Crippen LogP contribution >= 0.6 is 0 Å². The molecule has 0 spiro atoms. The highest BCUT2D eigenvalue weighted by Crippen LogP contribution is 2.39. The number of carbonyl (C=O) groups is 1. The lowest BCUT2D eigenvalue weighted by Crippen LogP contribution is -2.39. The Kier molecular flexibility index (Phi) is 6.84. The van der Waals surface area contributed by atoms with Crippen LogP contribution in [0.15, 0.2) is 61.2 Å². The fourth-order valence-electron chi connectivity index (χ4n) is 5.18. The van der Waals surface area contributed by atoms with E-state index in [1.165, 1.54) is 24.7 Å². The molecule has 6 rings (SSSR count). The second kappa shape index (κ2) is 10.8. The van der Waals surface area contributed by atoms with E-state index in [4.69, 9.17) is 9.72 Å². The number of hydrogen-bond donors (Lipinski definition) is 2. The molecule has 1 amide bonds. The Morgan fingerprint density at radius 1 is 1.12 bits per heavy atom. The van der Waals surface area contributed by atoms with E-state index in [9.17, 15) is 18.0 Å². The van der Waals surface area contributed by atoms with Gasteiger partial charge in [0.25, 0.3) is 5.91 Å². The van der Waals surface area contributed by atoms with Gasteiger partial charge in [-0.1, -0.05) is 12.1 Å². The first kappa shape index (κ1) is 25.5. The summed E-state index contributed by atoms with van der Waals surface area (Å²) >= 11 is 0. The Morgan fingerprint density at radius 2 is 2.00 bits per heavy atom. The molecule has 0 bridgehead atoms. The van der Waals surface area contributed by atoms with Gasteiger partial charge in [-0.25, -0.2) is 14.4 Å². The maximum Gasteiger partial charge on any atom is 0.387 e. The summed E-state index contributed by atoms with van der Waals surface area (Å²) in [5.41, 5.74) is 2.20. The summed E-state index contributed by atoms with van der Waals surface area (Å²) < 4.78 is 47.0. The number of ether oxygens (including phenoxy) is 1. The van der Waals surface area contributed by atoms with Gasteiger partial charge in [0.15, 0.2) is 5.82 Å². The lowest BCUT2D eigenvalue weighted by atomic mass is 9.90. The van der Waals surface area contributed by atoms with Crippen LogP contribution in [0, 0.1) is 5.82 Å². The molecule has 1 aliphatic carbocycles. The molecule has 13 heteroatoms. The molecule has 0 aliphatic heterocycles. The molecule has 10 nitrogen and oxygen atoms in total. The maximum atomic E-state index is 13.7. The fraction of sp³-hybridized carbons (Fsp3) is 0.259. The van der Waals surface area contributed by atoms with E-state index in [0.29, 0.717) is 40.4 Å². The minimum Gasteiger partial charge on any atom is -0.434 e. The highest BCUT2D eigenvalue weighted by molar-refractivity contribution is 5.92. The van der Waals surface area contributed by atoms with Crippen LogP contribution in [0.25, 0.3) is 33.9 Å². The van der Waals surface area contributed by atoms with Crippen LogP contribution in [0.2, 0.25) is 0 Å². The Balaban J connectivity index is 1.41. The minimum absolute atomic E-state index is 0.00302. The van der Waals surface area contributed by atoms with Gasteiger partial charge in [0.1, 0.15) is 40.6 Å². The number of nitrogens with zero attached hydrogens (tertiary/aromatic N) is 6. The second-order valence-corrected chi connectivity index (χ2v) is 9.42. The summed E-state index contributed by atoms with van der Waals surface area (Å²) in [6, 6.07) is 10.2. The van der Waals surface area contributed by atoms with Crippen LogP contribution in [0.4, 0.5) is 13.2 Å². The predicted molar refractivity (Wildman–Crippen MR) is 138 cm³/mol. The molecule has 5 aromatic rings. The number of imidazole rings is 1. The van der Waals surface area contributed by atoms with Gasteiger partial charge in [-0.2, -0.15) is 13.9 Å². The number of rotatable bonds is 7. The van der Waals surface area contributed by atoms with E-state index in [1.807, 2.05) is 10.6 Å². The van der Waals surface area contributed by atoms with Gasteiger partial charge in [0, 0.05) is 24.3 Å². The van der Waals surface area contributed by atoms with Crippen molar-refractivity contribution in [2.24, 2.45) is 0 Å². The van der Waals surface area contributed by atoms with Crippen molar-refractivity contribution in [2.75, 3.05) is 0 Å². The Labute approximate surface area is 225 Å². The summed E-state index contributed by atoms with van der Waals surface area (Å²) in [5.74, 6) is -0.110. The maximum absolute atomic E-state index is 13.7. The molecule has 0 saturated heterocycles. The van der Waals surface area contributed by atoms with Crippen molar-refractivity contribution in [3.05, 3.63) is 72.7 Å². The van der Waals surface area contributed by atoms with Gasteiger partial charge in [-0.3, -0.25) is 19.9 Å². The average molecular weight is 549 g/mol. The molecule has 0 unspecified atom stereocenters. The molecule has 2 N–H and O–H groups in total. The first-order valence-electron chi connectivity index (χ1n) is 12.7. The van der Waals surface area contributed by atoms with Crippen LogP contribution in [0.5, 0.6) is 5.75 Å². The molecule has 0 radical (unpaired) electrons. The molecular weight excluding hydrogens is 525 g/mol. The van der Waals surface area contributed by atoms with Crippen LogP contribution in [-0.2, 0) is 0 Å². The van der Waals surface area contributed by atoms with E-state index in [0.717, 1.165) is 25.3 Å². The van der Waals surface area contributed by atoms with Crippen LogP contribution in [0.3, 0.4) is 0 Å². The zero-order valence-corrected chi connectivity index (χ0v) is 21.0. The smallest absolute Gasteiger partial charge is 0.387 e. The van der Waals surface area contributed by atoms with E-state index < -0.39 is 18.3 Å². The third kappa shape index (κ3) is 5.09. The Bertz CT molecular complexity index is 1660. The number of carbonyl (C=O) groups excluding carboxylic acids is 1. The fourth-order valence-corrected chi connectivity index (χ4v) is 5.18. The predicted octanol–water partition coefficient (Wildman–Crippen LogP) is 4.93. The van der Waals surface area contributed by atoms with Crippen LogP contribution in [-0.4, -0.2) is 53.3 Å². The van der Waals surface area contributed by atoms with Gasteiger partial charge in [-0.05, 0) is 49.9 Å². The Morgan fingerprint density at radius 3 is 2.80 bits per heavy atom. The van der Waals surface area contributed by atoms with Crippen molar-refractivity contribution < 1.29 is 22.7 Å². The number of H-pyrrole nitrogens is 1. The molecule has 1 fully saturated rings. The summed E-state index contributed by atoms with van der Waals surface area (Å²) in [4.78, 5) is 30.2. The van der Waals surface area contributed by atoms with E-state index >= 15 is 0 Å². The van der Waals surface area contributed by atoms with Crippen molar-refractivity contribution in [3.8, 4) is 28.7 Å². The number of amides is 1. The van der Waals surface area contributed by atoms with Crippen molar-refractivity contribution in [1.29, 1.82) is 0 Å². The van der Waals surface area contributed by atoms with Crippen molar-refractivity contribution in [3.63, 3.8) is 0 Å². The van der Waals surface area contributed by atoms with E-state index in [1.54, 1.807) is 24.4 Å². The SMILES string of the molecule is O=C(N[C@H]1CCC[C@@H](n2c(-c3ccccc3OC(F)F)nc3cnc(-c4ncn[nH]4)cc32)C1)c1cc(F)ccn1. The van der Waals surface area contributed by atoms with Gasteiger partial charge >= 0.3 is 6.61 Å². The zero-order valence-electron chi connectivity index (χ0n) is 21.0. The summed E-state index contributed by atoms with van der Waals surface area (Å²) in [5, 5.41) is 9.67. The highest BCUT2D eigenvalue weighted by Gasteiger charge is 2.30. The topological polar surface area (TPSA) is 124 Å². The second-order valence-electron chi connectivity index (χ2n) is 9.42. The Hall–Kier alpha value is -4.81. The van der Waals surface area contributed by atoms with Crippen LogP contribution in [0.1, 0.15) is 42.2 Å². The number of aromatic nitrogens is 7. The number of benzene rings is 1. The number of pyridine rings is 2. The standard InChI is InChI=1S/C27H23F3N8O2/c28-15-8-9-31-20(10-15)26(39)35-16-4-3-5-17(11-16)38-22-12-19(24-33-14-34-37-24)32-13-21(22)36-25(38)18-6-1-2-7-23(18)40-27(29)30/h1-2,6-10,12-14,16-17,27H,3-5,11H2,(H,35,39)(H,33,34,37)/t16-,17+/m0/s1. The van der Waals surface area contributed by atoms with Gasteiger partial charge < -0.3 is 14.6 Å². The van der Waals surface area contributed by atoms with Crippen molar-refractivity contribution in [2.45, 2.75) is 44.4 Å². The first-order chi connectivity index (χ1) is 19.5. The highest BCUT2D eigenvalue weighted by atomic mass is 19.3. The van der Waals surface area contributed by atoms with Gasteiger partial charge in [-0.15, -0.1) is 0 Å². The zero-order chi connectivity index (χ0) is 27.6. The van der Waals surface area contributed by atoms with E-state index in [-0.39, 0.29) is 23.5 Å². The number of alkyl halides is 2. The third-order valence-electron chi connectivity index (χ3n) is 6.88. The summed E-state index contributed by atoms with van der Waals surface area (Å²) in [7, 11) is 0. The number of fused-ring (bicyclic) bond motifs is 1. The van der Waals surface area contributed by atoms with E-state index in [2.05, 4.69) is 30.5 Å². The average Bonchev–Trinajstić information content (AvgIpc) is 3.61. The molecule has 1 aromatic carbocycles. The number of nitrogens with one attached hydrogen (secondary N) is 2. The third-order valence-corrected chi connectivity index (χ3v) is 6.88. The molecule has 4 heterocycles. The molecule has 1 aliphatic rings. The lowest BCUT2D eigenvalue weighted by Gasteiger charge is -2.32. The molecule has 4 aromatic heterocycles. The largest absolute Gasteiger partial charge is 0.434 e. The summed E-state index contributed by atoms with van der Waals surface area (Å²) in [6.45, 7) is -3.01. The molecule has 2 atom stereocenters. The monoisotopic (exact) mass is 548 g/mol.